The molecule has 2 heterocycles. The molecule has 34 heavy (non-hydrogen) atoms. The molecule has 0 saturated carbocycles. The number of amides is 1. The molecule has 1 amide bonds. The molecule has 0 spiro atoms. The Morgan fingerprint density at radius 3 is 2.94 bits per heavy atom. The Morgan fingerprint density at radius 1 is 1.18 bits per heavy atom. The lowest BCUT2D eigenvalue weighted by molar-refractivity contribution is -0.146. The Morgan fingerprint density at radius 2 is 2.03 bits per heavy atom. The highest BCUT2D eigenvalue weighted by Gasteiger charge is 2.22. The molecule has 1 atom stereocenters. The van der Waals surface area contributed by atoms with E-state index in [-0.39, 0.29) is 29.9 Å². The molecule has 0 radical (unpaired) electrons. The molecule has 7 nitrogen and oxygen atoms in total. The zero-order valence-electron chi connectivity index (χ0n) is 18.9. The van der Waals surface area contributed by atoms with Crippen LogP contribution in [-0.2, 0) is 39.3 Å². The van der Waals surface area contributed by atoms with Crippen LogP contribution in [0.1, 0.15) is 59.1 Å². The van der Waals surface area contributed by atoms with Gasteiger partial charge in [-0.05, 0) is 61.6 Å². The van der Waals surface area contributed by atoms with Crippen LogP contribution in [0.4, 0.5) is 0 Å². The number of aryl methyl sites for hydroxylation is 3. The lowest BCUT2D eigenvalue weighted by Gasteiger charge is -2.26. The number of H-pyrrole nitrogens is 1. The van der Waals surface area contributed by atoms with E-state index in [0.717, 1.165) is 66.3 Å². The van der Waals surface area contributed by atoms with Crippen molar-refractivity contribution in [3.05, 3.63) is 62.0 Å². The summed E-state index contributed by atoms with van der Waals surface area (Å²) in [5.74, 6) is 0.288. The van der Waals surface area contributed by atoms with Crippen molar-refractivity contribution in [3.63, 3.8) is 0 Å². The van der Waals surface area contributed by atoms with Gasteiger partial charge in [-0.3, -0.25) is 14.4 Å². The van der Waals surface area contributed by atoms with Gasteiger partial charge in [-0.1, -0.05) is 24.3 Å². The summed E-state index contributed by atoms with van der Waals surface area (Å²) in [6, 6.07) is 8.10. The second-order valence-corrected chi connectivity index (χ2v) is 10.8. The number of hydrogen-bond donors (Lipinski definition) is 2. The average Bonchev–Trinajstić information content (AvgIpc) is 3.22. The first-order valence-electron chi connectivity index (χ1n) is 11.7. The fraction of sp³-hybridized carbons (Fsp3) is 0.440. The normalized spacial score (nSPS) is 17.1. The fourth-order valence-corrected chi connectivity index (χ4v) is 6.80. The lowest BCUT2D eigenvalue weighted by atomic mass is 9.88. The van der Waals surface area contributed by atoms with Crippen LogP contribution in [0, 0.1) is 0 Å². The lowest BCUT2D eigenvalue weighted by Crippen LogP contribution is -2.34. The Labute approximate surface area is 205 Å². The van der Waals surface area contributed by atoms with E-state index in [1.807, 2.05) is 18.2 Å². The summed E-state index contributed by atoms with van der Waals surface area (Å²) in [4.78, 5) is 46.6. The van der Waals surface area contributed by atoms with Crippen LogP contribution in [0.25, 0.3) is 10.2 Å². The third kappa shape index (κ3) is 5.05. The van der Waals surface area contributed by atoms with E-state index in [2.05, 4.69) is 21.4 Å². The molecule has 2 aromatic heterocycles. The van der Waals surface area contributed by atoms with Crippen LogP contribution in [-0.4, -0.2) is 34.2 Å². The number of thioether (sulfide) groups is 1. The molecule has 178 valence electrons. The third-order valence-electron chi connectivity index (χ3n) is 6.40. The quantitative estimate of drug-likeness (QED) is 0.481. The van der Waals surface area contributed by atoms with E-state index in [4.69, 9.17) is 4.74 Å². The standard InChI is InChI=1S/C25H27N3O4S2/c29-21(26-18-10-5-7-15-6-1-2-8-16(15)18)12-32-22(30)14-33-13-20-27-24(31)23-17-9-3-4-11-19(17)34-25(23)28-20/h1-2,6,8,18H,3-5,7,9-14H2,(H,26,29)(H,27,28,31)/t18-/m0/s1. The number of carbonyl (C=O) groups is 2. The molecule has 3 aromatic rings. The van der Waals surface area contributed by atoms with Crippen molar-refractivity contribution in [3.8, 4) is 0 Å². The van der Waals surface area contributed by atoms with E-state index in [0.29, 0.717) is 11.6 Å². The first-order chi connectivity index (χ1) is 16.6. The van der Waals surface area contributed by atoms with Gasteiger partial charge in [0.2, 0.25) is 0 Å². The molecule has 0 unspecified atom stereocenters. The minimum Gasteiger partial charge on any atom is -0.455 e. The number of fused-ring (bicyclic) bond motifs is 4. The predicted molar refractivity (Wildman–Crippen MR) is 134 cm³/mol. The maximum atomic E-state index is 12.6. The van der Waals surface area contributed by atoms with E-state index in [1.165, 1.54) is 22.2 Å². The minimum atomic E-state index is -0.459. The zero-order chi connectivity index (χ0) is 23.5. The number of ether oxygens (including phenoxy) is 1. The number of esters is 1. The molecule has 5 rings (SSSR count). The van der Waals surface area contributed by atoms with Crippen molar-refractivity contribution in [2.24, 2.45) is 0 Å². The summed E-state index contributed by atoms with van der Waals surface area (Å²) in [5.41, 5.74) is 3.48. The van der Waals surface area contributed by atoms with E-state index in [9.17, 15) is 14.4 Å². The van der Waals surface area contributed by atoms with E-state index >= 15 is 0 Å². The number of carbonyl (C=O) groups excluding carboxylic acids is 2. The Hall–Kier alpha value is -2.65. The summed E-state index contributed by atoms with van der Waals surface area (Å²) in [7, 11) is 0. The summed E-state index contributed by atoms with van der Waals surface area (Å²) in [6.45, 7) is -0.292. The van der Waals surface area contributed by atoms with Crippen LogP contribution < -0.4 is 10.9 Å². The van der Waals surface area contributed by atoms with Crippen LogP contribution in [0.5, 0.6) is 0 Å². The molecule has 0 fully saturated rings. The molecular formula is C25H27N3O4S2. The second kappa shape index (κ2) is 10.3. The number of nitrogens with one attached hydrogen (secondary N) is 2. The summed E-state index contributed by atoms with van der Waals surface area (Å²) >= 11 is 2.92. The van der Waals surface area contributed by atoms with Gasteiger partial charge in [-0.15, -0.1) is 23.1 Å². The van der Waals surface area contributed by atoms with Crippen molar-refractivity contribution in [1.82, 2.24) is 15.3 Å². The zero-order valence-corrected chi connectivity index (χ0v) is 20.5. The largest absolute Gasteiger partial charge is 0.455 e. The summed E-state index contributed by atoms with van der Waals surface area (Å²) < 4.78 is 5.16. The molecule has 2 aliphatic carbocycles. The first-order valence-corrected chi connectivity index (χ1v) is 13.7. The predicted octanol–water partition coefficient (Wildman–Crippen LogP) is 3.83. The van der Waals surface area contributed by atoms with Gasteiger partial charge in [0.25, 0.3) is 11.5 Å². The third-order valence-corrected chi connectivity index (χ3v) is 8.50. The molecule has 2 aliphatic rings. The second-order valence-electron chi connectivity index (χ2n) is 8.77. The van der Waals surface area contributed by atoms with E-state index in [1.54, 1.807) is 11.3 Å². The number of aromatic nitrogens is 2. The SMILES string of the molecule is O=C(COC(=O)CSCc1nc2sc3c(c2c(=O)[nH]1)CCCC3)N[C@H]1CCCc2ccccc21. The minimum absolute atomic E-state index is 0.0359. The van der Waals surface area contributed by atoms with Gasteiger partial charge >= 0.3 is 5.97 Å². The van der Waals surface area contributed by atoms with Gasteiger partial charge in [0.1, 0.15) is 10.7 Å². The van der Waals surface area contributed by atoms with Crippen molar-refractivity contribution in [2.75, 3.05) is 12.4 Å². The average molecular weight is 498 g/mol. The highest BCUT2D eigenvalue weighted by molar-refractivity contribution is 7.99. The number of thiophene rings is 1. The van der Waals surface area contributed by atoms with Gasteiger partial charge in [0, 0.05) is 4.88 Å². The van der Waals surface area contributed by atoms with Gasteiger partial charge in [-0.25, -0.2) is 4.98 Å². The number of aromatic amines is 1. The van der Waals surface area contributed by atoms with Crippen LogP contribution in [0.15, 0.2) is 29.1 Å². The Kier molecular flexibility index (Phi) is 7.01. The number of nitrogens with zero attached hydrogens (tertiary/aromatic N) is 1. The molecule has 1 aromatic carbocycles. The Bertz CT molecular complexity index is 1280. The smallest absolute Gasteiger partial charge is 0.316 e. The fourth-order valence-electron chi connectivity index (χ4n) is 4.84. The van der Waals surface area contributed by atoms with Crippen LogP contribution >= 0.6 is 23.1 Å². The van der Waals surface area contributed by atoms with Gasteiger partial charge < -0.3 is 15.0 Å². The van der Waals surface area contributed by atoms with Crippen molar-refractivity contribution in [2.45, 2.75) is 56.7 Å². The van der Waals surface area contributed by atoms with Crippen LogP contribution in [0.2, 0.25) is 0 Å². The first kappa shape index (κ1) is 23.1. The molecular weight excluding hydrogens is 470 g/mol. The highest BCUT2D eigenvalue weighted by atomic mass is 32.2. The molecule has 9 heteroatoms. The number of rotatable bonds is 7. The van der Waals surface area contributed by atoms with Gasteiger partial charge in [0.05, 0.1) is 22.9 Å². The van der Waals surface area contributed by atoms with Crippen LogP contribution in [0.3, 0.4) is 0 Å². The topological polar surface area (TPSA) is 101 Å². The van der Waals surface area contributed by atoms with Crippen molar-refractivity contribution in [1.29, 1.82) is 0 Å². The maximum Gasteiger partial charge on any atom is 0.316 e. The number of hydrogen-bond acceptors (Lipinski definition) is 7. The number of benzene rings is 1. The van der Waals surface area contributed by atoms with Crippen molar-refractivity contribution >= 4 is 45.2 Å². The highest BCUT2D eigenvalue weighted by Crippen LogP contribution is 2.33. The van der Waals surface area contributed by atoms with Gasteiger partial charge in [0.15, 0.2) is 6.61 Å². The molecule has 0 bridgehead atoms. The Balaban J connectivity index is 1.09. The summed E-state index contributed by atoms with van der Waals surface area (Å²) in [6.07, 6.45) is 7.17. The maximum absolute atomic E-state index is 12.6. The van der Waals surface area contributed by atoms with Crippen molar-refractivity contribution < 1.29 is 14.3 Å². The molecule has 0 aliphatic heterocycles. The van der Waals surface area contributed by atoms with E-state index < -0.39 is 5.97 Å². The molecule has 2 N–H and O–H groups in total. The monoisotopic (exact) mass is 497 g/mol. The summed E-state index contributed by atoms with van der Waals surface area (Å²) in [5, 5.41) is 3.72. The molecule has 0 saturated heterocycles. The van der Waals surface area contributed by atoms with Gasteiger partial charge in [-0.2, -0.15) is 0 Å².